The quantitative estimate of drug-likeness (QED) is 0.160. The van der Waals surface area contributed by atoms with Crippen molar-refractivity contribution in [2.45, 2.75) is 62.4 Å². The molecule has 14 heteroatoms. The Kier molecular flexibility index (Phi) is 9.95. The zero-order valence-electron chi connectivity index (χ0n) is 23.4. The molecule has 7 nitrogen and oxygen atoms in total. The van der Waals surface area contributed by atoms with Gasteiger partial charge in [0.15, 0.2) is 28.2 Å². The van der Waals surface area contributed by atoms with Crippen molar-refractivity contribution in [2.75, 3.05) is 11.9 Å². The van der Waals surface area contributed by atoms with E-state index in [4.69, 9.17) is 0 Å². The van der Waals surface area contributed by atoms with E-state index in [1.54, 1.807) is 0 Å². The molecule has 4 rings (SSSR count). The molecule has 1 atom stereocenters. The summed E-state index contributed by atoms with van der Waals surface area (Å²) < 4.78 is 96.6. The molecule has 0 aliphatic heterocycles. The summed E-state index contributed by atoms with van der Waals surface area (Å²) in [6.07, 6.45) is 5.65. The lowest BCUT2D eigenvalue weighted by Crippen LogP contribution is -2.48. The Morgan fingerprint density at radius 2 is 1.37 bits per heavy atom. The fraction of sp³-hybridized carbons (Fsp3) is 0.345. The van der Waals surface area contributed by atoms with Gasteiger partial charge in [-0.2, -0.15) is 4.31 Å². The molecule has 0 bridgehead atoms. The fourth-order valence-electron chi connectivity index (χ4n) is 5.18. The summed E-state index contributed by atoms with van der Waals surface area (Å²) in [4.78, 5) is 12.9. The number of hydrogen-bond donors (Lipinski definition) is 2. The Hall–Kier alpha value is -3.33. The Bertz CT molecular complexity index is 1560. The first-order chi connectivity index (χ1) is 20.2. The number of carbonyl (C=O) groups excluding carboxylic acids is 1. The largest absolute Gasteiger partial charge is 0.488 e. The molecule has 1 aliphatic carbocycles. The Balaban J connectivity index is 1.67. The lowest BCUT2D eigenvalue weighted by Gasteiger charge is -2.31. The van der Waals surface area contributed by atoms with Gasteiger partial charge in [-0.25, -0.2) is 30.4 Å². The van der Waals surface area contributed by atoms with E-state index in [2.05, 4.69) is 0 Å². The SMILES string of the molecule is C[C@@H](C(=O)N(Cc1ccc(C2CCCCC2)cc1)c1ccc(B(O)O)cc1)N(C)S(=O)(=O)c1c(F)c(F)c(F)c(F)c1F. The highest BCUT2D eigenvalue weighted by atomic mass is 32.2. The third kappa shape index (κ3) is 6.62. The maximum atomic E-state index is 14.4. The maximum absolute atomic E-state index is 14.4. The van der Waals surface area contributed by atoms with E-state index in [1.807, 2.05) is 24.3 Å². The molecule has 0 aromatic heterocycles. The monoisotopic (exact) mass is 624 g/mol. The van der Waals surface area contributed by atoms with Gasteiger partial charge in [0.1, 0.15) is 6.04 Å². The van der Waals surface area contributed by atoms with Crippen molar-refractivity contribution in [3.8, 4) is 0 Å². The maximum Gasteiger partial charge on any atom is 0.488 e. The van der Waals surface area contributed by atoms with E-state index in [-0.39, 0.29) is 22.0 Å². The molecule has 1 amide bonds. The first-order valence-electron chi connectivity index (χ1n) is 13.6. The summed E-state index contributed by atoms with van der Waals surface area (Å²) in [6.45, 7) is 1.03. The molecule has 0 radical (unpaired) electrons. The molecule has 0 spiro atoms. The fourth-order valence-corrected chi connectivity index (χ4v) is 6.61. The zero-order valence-corrected chi connectivity index (χ0v) is 24.2. The molecule has 0 saturated heterocycles. The minimum atomic E-state index is -5.41. The third-order valence-corrected chi connectivity index (χ3v) is 9.82. The molecule has 230 valence electrons. The highest BCUT2D eigenvalue weighted by molar-refractivity contribution is 7.89. The van der Waals surface area contributed by atoms with Crippen LogP contribution in [-0.2, 0) is 21.4 Å². The summed E-state index contributed by atoms with van der Waals surface area (Å²) >= 11 is 0. The van der Waals surface area contributed by atoms with Crippen molar-refractivity contribution in [1.82, 2.24) is 4.31 Å². The van der Waals surface area contributed by atoms with Crippen molar-refractivity contribution in [3.63, 3.8) is 0 Å². The van der Waals surface area contributed by atoms with Crippen LogP contribution >= 0.6 is 0 Å². The van der Waals surface area contributed by atoms with Crippen molar-refractivity contribution >= 4 is 34.2 Å². The molecule has 1 saturated carbocycles. The molecule has 0 heterocycles. The van der Waals surface area contributed by atoms with Crippen LogP contribution in [0.25, 0.3) is 0 Å². The highest BCUT2D eigenvalue weighted by Gasteiger charge is 2.40. The second kappa shape index (κ2) is 13.1. The molecule has 0 unspecified atom stereocenters. The van der Waals surface area contributed by atoms with Gasteiger partial charge in [-0.3, -0.25) is 4.79 Å². The minimum absolute atomic E-state index is 0.0778. The van der Waals surface area contributed by atoms with E-state index in [9.17, 15) is 45.2 Å². The van der Waals surface area contributed by atoms with Crippen LogP contribution in [0.4, 0.5) is 27.6 Å². The van der Waals surface area contributed by atoms with Crippen LogP contribution in [0.15, 0.2) is 53.4 Å². The minimum Gasteiger partial charge on any atom is -0.423 e. The molecule has 2 N–H and O–H groups in total. The molecular formula is C29H30BF5N2O5S. The molecule has 3 aromatic rings. The number of carbonyl (C=O) groups is 1. The summed E-state index contributed by atoms with van der Waals surface area (Å²) in [5.41, 5.74) is 2.16. The predicted octanol–water partition coefficient (Wildman–Crippen LogP) is 4.35. The first kappa shape index (κ1) is 32.6. The molecule has 1 fully saturated rings. The van der Waals surface area contributed by atoms with E-state index in [0.717, 1.165) is 45.2 Å². The van der Waals surface area contributed by atoms with E-state index >= 15 is 0 Å². The van der Waals surface area contributed by atoms with Crippen LogP contribution < -0.4 is 10.4 Å². The van der Waals surface area contributed by atoms with Gasteiger partial charge in [-0.1, -0.05) is 55.7 Å². The Morgan fingerprint density at radius 1 is 0.860 bits per heavy atom. The van der Waals surface area contributed by atoms with Gasteiger partial charge in [0, 0.05) is 12.7 Å². The number of likely N-dealkylation sites (N-methyl/N-ethyl adjacent to an activating group) is 1. The van der Waals surface area contributed by atoms with Crippen LogP contribution in [0.2, 0.25) is 0 Å². The predicted molar refractivity (Wildman–Crippen MR) is 150 cm³/mol. The summed E-state index contributed by atoms with van der Waals surface area (Å²) in [5.74, 6) is -12.9. The van der Waals surface area contributed by atoms with Gasteiger partial charge in [-0.05, 0) is 54.4 Å². The summed E-state index contributed by atoms with van der Waals surface area (Å²) in [5, 5.41) is 18.9. The second-order valence-electron chi connectivity index (χ2n) is 10.6. The molecule has 3 aromatic carbocycles. The van der Waals surface area contributed by atoms with Gasteiger partial charge in [0.2, 0.25) is 21.7 Å². The second-order valence-corrected chi connectivity index (χ2v) is 12.5. The summed E-state index contributed by atoms with van der Waals surface area (Å²) in [6, 6.07) is 11.4. The van der Waals surface area contributed by atoms with E-state index in [0.29, 0.717) is 11.5 Å². The molecule has 43 heavy (non-hydrogen) atoms. The number of hydrogen-bond acceptors (Lipinski definition) is 5. The van der Waals surface area contributed by atoms with Gasteiger partial charge in [0.05, 0.1) is 6.54 Å². The van der Waals surface area contributed by atoms with Gasteiger partial charge >= 0.3 is 7.12 Å². The average molecular weight is 624 g/mol. The summed E-state index contributed by atoms with van der Waals surface area (Å²) in [7, 11) is -6.41. The average Bonchev–Trinajstić information content (AvgIpc) is 3.01. The van der Waals surface area contributed by atoms with Crippen molar-refractivity contribution in [1.29, 1.82) is 0 Å². The number of nitrogens with zero attached hydrogens (tertiary/aromatic N) is 2. The smallest absolute Gasteiger partial charge is 0.423 e. The zero-order chi connectivity index (χ0) is 31.6. The van der Waals surface area contributed by atoms with Crippen LogP contribution in [-0.4, -0.2) is 48.9 Å². The van der Waals surface area contributed by atoms with Crippen molar-refractivity contribution in [3.05, 3.63) is 88.7 Å². The standard InChI is InChI=1S/C29H30BF5N2O5S/c1-17(36(2)43(41,42)28-26(34)24(32)23(31)25(33)27(28)35)29(38)37(22-14-12-21(13-15-22)30(39)40)16-18-8-10-20(11-9-18)19-6-4-3-5-7-19/h8-15,17,19,39-40H,3-7,16H2,1-2H3/t17-/m0/s1. The van der Waals surface area contributed by atoms with Crippen LogP contribution in [0, 0.1) is 29.1 Å². The van der Waals surface area contributed by atoms with E-state index < -0.39 is 63.1 Å². The van der Waals surface area contributed by atoms with Crippen LogP contribution in [0.5, 0.6) is 0 Å². The van der Waals surface area contributed by atoms with Crippen LogP contribution in [0.1, 0.15) is 56.1 Å². The van der Waals surface area contributed by atoms with E-state index in [1.165, 1.54) is 35.6 Å². The van der Waals surface area contributed by atoms with Gasteiger partial charge in [0.25, 0.3) is 0 Å². The molecular weight excluding hydrogens is 594 g/mol. The number of halogens is 5. The normalized spacial score (nSPS) is 15.0. The number of benzene rings is 3. The number of sulfonamides is 1. The number of anilines is 1. The topological polar surface area (TPSA) is 98.2 Å². The molecule has 1 aliphatic rings. The van der Waals surface area contributed by atoms with Gasteiger partial charge in [-0.15, -0.1) is 0 Å². The highest BCUT2D eigenvalue weighted by Crippen LogP contribution is 2.33. The third-order valence-electron chi connectivity index (χ3n) is 7.88. The first-order valence-corrected chi connectivity index (χ1v) is 15.1. The number of amides is 1. The Labute approximate surface area is 246 Å². The lowest BCUT2D eigenvalue weighted by atomic mass is 9.80. The Morgan fingerprint density at radius 3 is 1.88 bits per heavy atom. The number of rotatable bonds is 9. The van der Waals surface area contributed by atoms with Crippen molar-refractivity contribution < 1.29 is 45.2 Å². The van der Waals surface area contributed by atoms with Crippen molar-refractivity contribution in [2.24, 2.45) is 0 Å². The van der Waals surface area contributed by atoms with Gasteiger partial charge < -0.3 is 14.9 Å². The lowest BCUT2D eigenvalue weighted by molar-refractivity contribution is -0.121. The van der Waals surface area contributed by atoms with Crippen LogP contribution in [0.3, 0.4) is 0 Å².